The lowest BCUT2D eigenvalue weighted by Gasteiger charge is -2.21. The van der Waals surface area contributed by atoms with Crippen molar-refractivity contribution >= 4 is 23.0 Å². The van der Waals surface area contributed by atoms with Gasteiger partial charge in [-0.1, -0.05) is 0 Å². The van der Waals surface area contributed by atoms with Crippen LogP contribution in [0.4, 0.5) is 17.1 Å². The van der Waals surface area contributed by atoms with Crippen molar-refractivity contribution in [3.8, 4) is 5.75 Å². The molecular formula is C20H27N3O2. The molecule has 0 saturated carbocycles. The smallest absolute Gasteiger partial charge is 0.226 e. The van der Waals surface area contributed by atoms with E-state index < -0.39 is 0 Å². The molecule has 0 heterocycles. The maximum absolute atomic E-state index is 12.0. The Kier molecular flexibility index (Phi) is 7.14. The Morgan fingerprint density at radius 2 is 1.56 bits per heavy atom. The van der Waals surface area contributed by atoms with Gasteiger partial charge < -0.3 is 20.3 Å². The molecule has 0 aliphatic carbocycles. The van der Waals surface area contributed by atoms with Crippen LogP contribution in [-0.4, -0.2) is 32.7 Å². The highest BCUT2D eigenvalue weighted by atomic mass is 16.5. The zero-order chi connectivity index (χ0) is 18.1. The molecule has 1 amide bonds. The van der Waals surface area contributed by atoms with Crippen LogP contribution in [0.25, 0.3) is 0 Å². The van der Waals surface area contributed by atoms with Crippen LogP contribution in [0.1, 0.15) is 20.3 Å². The molecule has 5 heteroatoms. The van der Waals surface area contributed by atoms with E-state index in [1.54, 1.807) is 7.11 Å². The van der Waals surface area contributed by atoms with E-state index in [9.17, 15) is 4.79 Å². The van der Waals surface area contributed by atoms with Gasteiger partial charge in [0.05, 0.1) is 7.11 Å². The van der Waals surface area contributed by atoms with Crippen LogP contribution in [0.15, 0.2) is 48.5 Å². The fraction of sp³-hybridized carbons (Fsp3) is 0.350. The number of nitrogens with zero attached hydrogens (tertiary/aromatic N) is 1. The molecule has 2 aromatic rings. The van der Waals surface area contributed by atoms with Crippen molar-refractivity contribution in [2.45, 2.75) is 20.3 Å². The average molecular weight is 341 g/mol. The molecule has 0 aliphatic rings. The topological polar surface area (TPSA) is 53.6 Å². The standard InChI is InChI=1S/C20H27N3O2/c1-4-23(5-2)18-10-6-16(7-11-18)21-15-14-20(24)22-17-8-12-19(25-3)13-9-17/h6-13,21H,4-5,14-15H2,1-3H3,(H,22,24). The van der Waals surface area contributed by atoms with Crippen molar-refractivity contribution < 1.29 is 9.53 Å². The SMILES string of the molecule is CCN(CC)c1ccc(NCCC(=O)Nc2ccc(OC)cc2)cc1. The Hall–Kier alpha value is -2.69. The van der Waals surface area contributed by atoms with Crippen LogP contribution in [0.2, 0.25) is 0 Å². The van der Waals surface area contributed by atoms with Gasteiger partial charge in [-0.2, -0.15) is 0 Å². The Bertz CT molecular complexity index is 650. The highest BCUT2D eigenvalue weighted by Crippen LogP contribution is 2.18. The minimum Gasteiger partial charge on any atom is -0.497 e. The third-order valence-corrected chi connectivity index (χ3v) is 4.05. The first-order valence-corrected chi connectivity index (χ1v) is 8.69. The summed E-state index contributed by atoms with van der Waals surface area (Å²) in [5, 5.41) is 6.16. The molecule has 0 unspecified atom stereocenters. The third kappa shape index (κ3) is 5.71. The van der Waals surface area contributed by atoms with Crippen LogP contribution in [0.3, 0.4) is 0 Å². The lowest BCUT2D eigenvalue weighted by atomic mass is 10.2. The van der Waals surface area contributed by atoms with Gasteiger partial charge in [0.2, 0.25) is 5.91 Å². The number of hydrogen-bond donors (Lipinski definition) is 2. The van der Waals surface area contributed by atoms with Crippen LogP contribution < -0.4 is 20.3 Å². The first-order valence-electron chi connectivity index (χ1n) is 8.69. The van der Waals surface area contributed by atoms with Gasteiger partial charge in [-0.25, -0.2) is 0 Å². The van der Waals surface area contributed by atoms with E-state index in [1.165, 1.54) is 5.69 Å². The molecule has 0 spiro atoms. The lowest BCUT2D eigenvalue weighted by Crippen LogP contribution is -2.21. The van der Waals surface area contributed by atoms with E-state index in [1.807, 2.05) is 24.3 Å². The van der Waals surface area contributed by atoms with Gasteiger partial charge in [0.1, 0.15) is 5.75 Å². The molecule has 2 N–H and O–H groups in total. The summed E-state index contributed by atoms with van der Waals surface area (Å²) >= 11 is 0. The molecule has 2 aromatic carbocycles. The van der Waals surface area contributed by atoms with E-state index in [4.69, 9.17) is 4.74 Å². The molecule has 0 aliphatic heterocycles. The first kappa shape index (κ1) is 18.6. The molecule has 0 fully saturated rings. The highest BCUT2D eigenvalue weighted by Gasteiger charge is 2.04. The largest absolute Gasteiger partial charge is 0.497 e. The van der Waals surface area contributed by atoms with E-state index in [0.717, 1.165) is 30.2 Å². The minimum absolute atomic E-state index is 0.0163. The fourth-order valence-electron chi connectivity index (χ4n) is 2.60. The van der Waals surface area contributed by atoms with Gasteiger partial charge in [0, 0.05) is 43.1 Å². The summed E-state index contributed by atoms with van der Waals surface area (Å²) in [6, 6.07) is 15.6. The van der Waals surface area contributed by atoms with Crippen LogP contribution in [-0.2, 0) is 4.79 Å². The van der Waals surface area contributed by atoms with Gasteiger partial charge >= 0.3 is 0 Å². The summed E-state index contributed by atoms with van der Waals surface area (Å²) in [4.78, 5) is 14.3. The van der Waals surface area contributed by atoms with E-state index in [2.05, 4.69) is 53.6 Å². The predicted octanol–water partition coefficient (Wildman–Crippen LogP) is 3.98. The number of amides is 1. The van der Waals surface area contributed by atoms with Crippen molar-refractivity contribution in [3.05, 3.63) is 48.5 Å². The summed E-state index contributed by atoms with van der Waals surface area (Å²) in [7, 11) is 1.62. The van der Waals surface area contributed by atoms with E-state index in [0.29, 0.717) is 13.0 Å². The zero-order valence-corrected chi connectivity index (χ0v) is 15.2. The first-order chi connectivity index (χ1) is 12.2. The number of benzene rings is 2. The van der Waals surface area contributed by atoms with Crippen LogP contribution >= 0.6 is 0 Å². The molecule has 134 valence electrons. The van der Waals surface area contributed by atoms with Crippen molar-refractivity contribution in [2.75, 3.05) is 42.3 Å². The summed E-state index contributed by atoms with van der Waals surface area (Å²) in [5.41, 5.74) is 3.01. The average Bonchev–Trinajstić information content (AvgIpc) is 2.64. The Morgan fingerprint density at radius 3 is 2.12 bits per heavy atom. The summed E-state index contributed by atoms with van der Waals surface area (Å²) in [6.07, 6.45) is 0.407. The van der Waals surface area contributed by atoms with Gasteiger partial charge in [-0.3, -0.25) is 4.79 Å². The monoisotopic (exact) mass is 341 g/mol. The van der Waals surface area contributed by atoms with Crippen molar-refractivity contribution in [2.24, 2.45) is 0 Å². The number of methoxy groups -OCH3 is 1. The molecule has 2 rings (SSSR count). The number of ether oxygens (including phenoxy) is 1. The lowest BCUT2D eigenvalue weighted by molar-refractivity contribution is -0.115. The maximum atomic E-state index is 12.0. The Labute approximate surface area is 150 Å². The van der Waals surface area contributed by atoms with Crippen molar-refractivity contribution in [1.29, 1.82) is 0 Å². The van der Waals surface area contributed by atoms with Gasteiger partial charge in [-0.15, -0.1) is 0 Å². The number of anilines is 3. The number of hydrogen-bond acceptors (Lipinski definition) is 4. The van der Waals surface area contributed by atoms with Gasteiger partial charge in [0.15, 0.2) is 0 Å². The number of carbonyl (C=O) groups is 1. The molecule has 0 bridgehead atoms. The summed E-state index contributed by atoms with van der Waals surface area (Å²) in [6.45, 7) is 6.88. The van der Waals surface area contributed by atoms with Gasteiger partial charge in [0.25, 0.3) is 0 Å². The van der Waals surface area contributed by atoms with E-state index >= 15 is 0 Å². The van der Waals surface area contributed by atoms with Crippen LogP contribution in [0.5, 0.6) is 5.75 Å². The summed E-state index contributed by atoms with van der Waals surface area (Å²) < 4.78 is 5.10. The highest BCUT2D eigenvalue weighted by molar-refractivity contribution is 5.91. The third-order valence-electron chi connectivity index (χ3n) is 4.05. The minimum atomic E-state index is -0.0163. The number of rotatable bonds is 9. The molecule has 0 atom stereocenters. The second-order valence-corrected chi connectivity index (χ2v) is 5.67. The predicted molar refractivity (Wildman–Crippen MR) is 105 cm³/mol. The Balaban J connectivity index is 1.76. The number of nitrogens with one attached hydrogen (secondary N) is 2. The quantitative estimate of drug-likeness (QED) is 0.724. The molecule has 5 nitrogen and oxygen atoms in total. The summed E-state index contributed by atoms with van der Waals surface area (Å²) in [5.74, 6) is 0.755. The maximum Gasteiger partial charge on any atom is 0.226 e. The second kappa shape index (κ2) is 9.57. The van der Waals surface area contributed by atoms with Crippen molar-refractivity contribution in [1.82, 2.24) is 0 Å². The van der Waals surface area contributed by atoms with Crippen LogP contribution in [0, 0.1) is 0 Å². The molecule has 0 saturated heterocycles. The Morgan fingerprint density at radius 1 is 0.960 bits per heavy atom. The van der Waals surface area contributed by atoms with E-state index in [-0.39, 0.29) is 5.91 Å². The molecule has 0 radical (unpaired) electrons. The fourth-order valence-corrected chi connectivity index (χ4v) is 2.60. The van der Waals surface area contributed by atoms with Crippen molar-refractivity contribution in [3.63, 3.8) is 0 Å². The molecule has 0 aromatic heterocycles. The van der Waals surface area contributed by atoms with Gasteiger partial charge in [-0.05, 0) is 62.4 Å². The number of carbonyl (C=O) groups excluding carboxylic acids is 1. The normalized spacial score (nSPS) is 10.2. The molecular weight excluding hydrogens is 314 g/mol. The molecule has 25 heavy (non-hydrogen) atoms. The second-order valence-electron chi connectivity index (χ2n) is 5.67. The zero-order valence-electron chi connectivity index (χ0n) is 15.2.